The average molecular weight is 208 g/mol. The van der Waals surface area contributed by atoms with Crippen molar-refractivity contribution in [3.05, 3.63) is 35.9 Å². The van der Waals surface area contributed by atoms with E-state index in [0.29, 0.717) is 6.42 Å². The molecule has 3 heteroatoms. The van der Waals surface area contributed by atoms with Crippen LogP contribution in [0.1, 0.15) is 25.0 Å². The first kappa shape index (κ1) is 11.7. The van der Waals surface area contributed by atoms with E-state index in [0.717, 1.165) is 5.56 Å². The van der Waals surface area contributed by atoms with Crippen LogP contribution < -0.4 is 0 Å². The number of carbonyl (C=O) groups is 1. The summed E-state index contributed by atoms with van der Waals surface area (Å²) in [5, 5.41) is 0. The van der Waals surface area contributed by atoms with E-state index in [2.05, 4.69) is 0 Å². The van der Waals surface area contributed by atoms with E-state index in [1.54, 1.807) is 14.0 Å². The zero-order chi connectivity index (χ0) is 11.1. The minimum Gasteiger partial charge on any atom is -0.463 e. The summed E-state index contributed by atoms with van der Waals surface area (Å²) < 4.78 is 10.3. The van der Waals surface area contributed by atoms with Crippen LogP contribution in [0.25, 0.3) is 0 Å². The van der Waals surface area contributed by atoms with E-state index >= 15 is 0 Å². The first-order valence-electron chi connectivity index (χ1n) is 5.01. The lowest BCUT2D eigenvalue weighted by molar-refractivity contribution is -0.147. The van der Waals surface area contributed by atoms with Gasteiger partial charge in [0.2, 0.25) is 0 Å². The topological polar surface area (TPSA) is 35.5 Å². The fourth-order valence-corrected chi connectivity index (χ4v) is 1.24. The van der Waals surface area contributed by atoms with Crippen LogP contribution in [0.2, 0.25) is 0 Å². The van der Waals surface area contributed by atoms with E-state index < -0.39 is 0 Å². The molecule has 0 bridgehead atoms. The van der Waals surface area contributed by atoms with Gasteiger partial charge in [-0.2, -0.15) is 0 Å². The van der Waals surface area contributed by atoms with Crippen molar-refractivity contribution >= 4 is 5.97 Å². The Bertz CT molecular complexity index is 295. The molecule has 3 nitrogen and oxygen atoms in total. The third-order valence-corrected chi connectivity index (χ3v) is 2.14. The Morgan fingerprint density at radius 1 is 1.33 bits per heavy atom. The Labute approximate surface area is 90.0 Å². The van der Waals surface area contributed by atoms with Gasteiger partial charge < -0.3 is 9.47 Å². The standard InChI is InChI=1S/C12H16O3/c1-3-12(13)15-9-11(14-2)10-7-5-4-6-8-10/h4-8,11H,3,9H2,1-2H3. The molecule has 0 aliphatic rings. The molecule has 1 rings (SSSR count). The molecule has 0 radical (unpaired) electrons. The van der Waals surface area contributed by atoms with E-state index in [4.69, 9.17) is 9.47 Å². The summed E-state index contributed by atoms with van der Waals surface area (Å²) in [5.41, 5.74) is 1.02. The van der Waals surface area contributed by atoms with E-state index in [1.165, 1.54) is 0 Å². The summed E-state index contributed by atoms with van der Waals surface area (Å²) in [7, 11) is 1.61. The third kappa shape index (κ3) is 3.72. The monoisotopic (exact) mass is 208 g/mol. The normalized spacial score (nSPS) is 12.1. The van der Waals surface area contributed by atoms with Crippen LogP contribution in [-0.4, -0.2) is 19.7 Å². The molecular formula is C12H16O3. The highest BCUT2D eigenvalue weighted by Crippen LogP contribution is 2.16. The molecule has 82 valence electrons. The summed E-state index contributed by atoms with van der Waals surface area (Å²) in [4.78, 5) is 11.0. The van der Waals surface area contributed by atoms with Crippen LogP contribution in [0.4, 0.5) is 0 Å². The maximum Gasteiger partial charge on any atom is 0.305 e. The molecule has 0 aromatic heterocycles. The van der Waals surface area contributed by atoms with Crippen LogP contribution in [0.15, 0.2) is 30.3 Å². The molecule has 0 saturated carbocycles. The maximum atomic E-state index is 11.0. The summed E-state index contributed by atoms with van der Waals surface area (Å²) in [6.45, 7) is 2.04. The molecule has 0 aliphatic heterocycles. The second-order valence-corrected chi connectivity index (χ2v) is 3.17. The smallest absolute Gasteiger partial charge is 0.305 e. The lowest BCUT2D eigenvalue weighted by Gasteiger charge is -2.15. The Kier molecular flexibility index (Phi) is 4.84. The molecule has 15 heavy (non-hydrogen) atoms. The molecule has 1 aromatic carbocycles. The van der Waals surface area contributed by atoms with Gasteiger partial charge in [-0.1, -0.05) is 37.3 Å². The van der Waals surface area contributed by atoms with Gasteiger partial charge in [0.05, 0.1) is 0 Å². The maximum absolute atomic E-state index is 11.0. The van der Waals surface area contributed by atoms with Gasteiger partial charge in [-0.25, -0.2) is 0 Å². The zero-order valence-electron chi connectivity index (χ0n) is 9.10. The molecule has 0 spiro atoms. The molecule has 1 unspecified atom stereocenters. The largest absolute Gasteiger partial charge is 0.463 e. The van der Waals surface area contributed by atoms with Gasteiger partial charge in [0.1, 0.15) is 12.7 Å². The summed E-state index contributed by atoms with van der Waals surface area (Å²) in [6.07, 6.45) is 0.215. The summed E-state index contributed by atoms with van der Waals surface area (Å²) >= 11 is 0. The van der Waals surface area contributed by atoms with Crippen LogP contribution in [0.5, 0.6) is 0 Å². The molecule has 1 atom stereocenters. The van der Waals surface area contributed by atoms with Crippen molar-refractivity contribution < 1.29 is 14.3 Å². The number of hydrogen-bond acceptors (Lipinski definition) is 3. The van der Waals surface area contributed by atoms with E-state index in [1.807, 2.05) is 30.3 Å². The quantitative estimate of drug-likeness (QED) is 0.697. The van der Waals surface area contributed by atoms with Crippen LogP contribution in [0.3, 0.4) is 0 Å². The summed E-state index contributed by atoms with van der Waals surface area (Å²) in [5.74, 6) is -0.201. The van der Waals surface area contributed by atoms with Crippen molar-refractivity contribution in [1.82, 2.24) is 0 Å². The highest BCUT2D eigenvalue weighted by molar-refractivity contribution is 5.68. The van der Waals surface area contributed by atoms with Gasteiger partial charge in [0.25, 0.3) is 0 Å². The second-order valence-electron chi connectivity index (χ2n) is 3.17. The molecule has 0 aliphatic carbocycles. The van der Waals surface area contributed by atoms with Crippen molar-refractivity contribution in [3.63, 3.8) is 0 Å². The van der Waals surface area contributed by atoms with E-state index in [-0.39, 0.29) is 18.7 Å². The number of esters is 1. The highest BCUT2D eigenvalue weighted by atomic mass is 16.6. The number of hydrogen-bond donors (Lipinski definition) is 0. The van der Waals surface area contributed by atoms with Crippen molar-refractivity contribution in [2.24, 2.45) is 0 Å². The molecule has 0 fully saturated rings. The van der Waals surface area contributed by atoms with Gasteiger partial charge in [-0.3, -0.25) is 4.79 Å². The Hall–Kier alpha value is -1.35. The summed E-state index contributed by atoms with van der Waals surface area (Å²) in [6, 6.07) is 9.71. The van der Waals surface area contributed by atoms with Gasteiger partial charge >= 0.3 is 5.97 Å². The number of rotatable bonds is 5. The highest BCUT2D eigenvalue weighted by Gasteiger charge is 2.11. The van der Waals surface area contributed by atoms with Gasteiger partial charge in [-0.15, -0.1) is 0 Å². The minimum absolute atomic E-state index is 0.179. The Morgan fingerprint density at radius 2 is 2.00 bits per heavy atom. The first-order chi connectivity index (χ1) is 7.27. The van der Waals surface area contributed by atoms with Crippen LogP contribution >= 0.6 is 0 Å². The van der Waals surface area contributed by atoms with Crippen molar-refractivity contribution in [3.8, 4) is 0 Å². The Balaban J connectivity index is 2.53. The van der Waals surface area contributed by atoms with Crippen molar-refractivity contribution in [2.75, 3.05) is 13.7 Å². The zero-order valence-corrected chi connectivity index (χ0v) is 9.10. The lowest BCUT2D eigenvalue weighted by Crippen LogP contribution is -2.13. The SMILES string of the molecule is CCC(=O)OCC(OC)c1ccccc1. The molecule has 0 heterocycles. The number of ether oxygens (including phenoxy) is 2. The van der Waals surface area contributed by atoms with Crippen molar-refractivity contribution in [2.45, 2.75) is 19.4 Å². The third-order valence-electron chi connectivity index (χ3n) is 2.14. The van der Waals surface area contributed by atoms with Gasteiger partial charge in [0, 0.05) is 13.5 Å². The predicted octanol–water partition coefficient (Wildman–Crippen LogP) is 2.33. The van der Waals surface area contributed by atoms with Crippen LogP contribution in [-0.2, 0) is 14.3 Å². The molecule has 1 aromatic rings. The Morgan fingerprint density at radius 3 is 2.53 bits per heavy atom. The second kappa shape index (κ2) is 6.19. The predicted molar refractivity (Wildman–Crippen MR) is 57.4 cm³/mol. The van der Waals surface area contributed by atoms with E-state index in [9.17, 15) is 4.79 Å². The molecule has 0 saturated heterocycles. The number of methoxy groups -OCH3 is 1. The fraction of sp³-hybridized carbons (Fsp3) is 0.417. The van der Waals surface area contributed by atoms with Crippen LogP contribution in [0, 0.1) is 0 Å². The van der Waals surface area contributed by atoms with Gasteiger partial charge in [0.15, 0.2) is 0 Å². The van der Waals surface area contributed by atoms with Gasteiger partial charge in [-0.05, 0) is 5.56 Å². The first-order valence-corrected chi connectivity index (χ1v) is 5.01. The molecule has 0 N–H and O–H groups in total. The number of carbonyl (C=O) groups excluding carboxylic acids is 1. The molecular weight excluding hydrogens is 192 g/mol. The minimum atomic E-state index is -0.201. The van der Waals surface area contributed by atoms with Crippen molar-refractivity contribution in [1.29, 1.82) is 0 Å². The number of benzene rings is 1. The molecule has 0 amide bonds. The average Bonchev–Trinajstić information content (AvgIpc) is 2.31. The lowest BCUT2D eigenvalue weighted by atomic mass is 10.1. The fourth-order valence-electron chi connectivity index (χ4n) is 1.24.